The predicted octanol–water partition coefficient (Wildman–Crippen LogP) is 1.63. The Morgan fingerprint density at radius 1 is 1.48 bits per heavy atom. The number of aryl methyl sites for hydroxylation is 3. The van der Waals surface area contributed by atoms with Crippen LogP contribution in [-0.4, -0.2) is 44.8 Å². The Hall–Kier alpha value is -2.15. The summed E-state index contributed by atoms with van der Waals surface area (Å²) in [5, 5.41) is 3.89. The second-order valence-corrected chi connectivity index (χ2v) is 5.90. The van der Waals surface area contributed by atoms with Gasteiger partial charge in [-0.15, -0.1) is 0 Å². The summed E-state index contributed by atoms with van der Waals surface area (Å²) >= 11 is 0. The molecule has 124 valence electrons. The monoisotopic (exact) mass is 318 g/mol. The molecule has 0 bridgehead atoms. The summed E-state index contributed by atoms with van der Waals surface area (Å²) in [5.41, 5.74) is 3.28. The summed E-state index contributed by atoms with van der Waals surface area (Å²) in [6.45, 7) is 7.13. The van der Waals surface area contributed by atoms with E-state index in [2.05, 4.69) is 10.1 Å². The number of nitrogens with zero attached hydrogens (tertiary/aromatic N) is 4. The summed E-state index contributed by atoms with van der Waals surface area (Å²) in [6.07, 6.45) is 2.53. The number of fused-ring (bicyclic) bond motifs is 1. The van der Waals surface area contributed by atoms with E-state index in [4.69, 9.17) is 9.26 Å². The van der Waals surface area contributed by atoms with Crippen molar-refractivity contribution in [3.63, 3.8) is 0 Å². The number of amides is 1. The van der Waals surface area contributed by atoms with Crippen molar-refractivity contribution < 1.29 is 14.1 Å². The lowest BCUT2D eigenvalue weighted by molar-refractivity contribution is 0.0385. The second-order valence-electron chi connectivity index (χ2n) is 5.90. The summed E-state index contributed by atoms with van der Waals surface area (Å²) < 4.78 is 12.8. The number of hydrogen-bond acceptors (Lipinski definition) is 5. The van der Waals surface area contributed by atoms with Crippen molar-refractivity contribution in [1.82, 2.24) is 19.6 Å². The Balaban J connectivity index is 1.93. The lowest BCUT2D eigenvalue weighted by Crippen LogP contribution is -2.47. The zero-order valence-electron chi connectivity index (χ0n) is 14.0. The molecule has 0 spiro atoms. The Morgan fingerprint density at radius 2 is 2.26 bits per heavy atom. The third-order valence-corrected chi connectivity index (χ3v) is 4.36. The number of ether oxygens (including phenoxy) is 1. The summed E-state index contributed by atoms with van der Waals surface area (Å²) in [7, 11) is 1.98. The first-order chi connectivity index (χ1) is 11.0. The normalized spacial score (nSPS) is 17.4. The van der Waals surface area contributed by atoms with E-state index in [1.165, 1.54) is 0 Å². The van der Waals surface area contributed by atoms with E-state index in [1.54, 1.807) is 20.2 Å². The largest absolute Gasteiger partial charge is 0.380 e. The highest BCUT2D eigenvalue weighted by Crippen LogP contribution is 2.26. The van der Waals surface area contributed by atoms with Crippen LogP contribution < -0.4 is 0 Å². The molecule has 0 fully saturated rings. The molecule has 1 aliphatic rings. The van der Waals surface area contributed by atoms with Crippen LogP contribution in [0.2, 0.25) is 0 Å². The van der Waals surface area contributed by atoms with E-state index in [9.17, 15) is 4.79 Å². The Labute approximate surface area is 135 Å². The first kappa shape index (κ1) is 15.7. The molecule has 7 heteroatoms. The van der Waals surface area contributed by atoms with Crippen molar-refractivity contribution in [2.24, 2.45) is 7.05 Å². The fourth-order valence-corrected chi connectivity index (χ4v) is 3.09. The maximum absolute atomic E-state index is 13.0. The van der Waals surface area contributed by atoms with Crippen LogP contribution in [0.4, 0.5) is 0 Å². The molecule has 0 saturated carbocycles. The fraction of sp³-hybridized carbons (Fsp3) is 0.562. The number of carbonyl (C=O) groups is 1. The van der Waals surface area contributed by atoms with Gasteiger partial charge in [0.15, 0.2) is 0 Å². The van der Waals surface area contributed by atoms with Gasteiger partial charge in [-0.2, -0.15) is 0 Å². The zero-order valence-corrected chi connectivity index (χ0v) is 14.0. The SMILES string of the molecule is CCOC[C@@H]1Cc2c(ncn2C)CN1C(=O)c1c(C)noc1C. The standard InChI is InChI=1S/C16H22N4O3/c1-5-22-8-12-6-14-13(17-9-19(14)4)7-20(12)16(21)15-10(2)18-23-11(15)3/h9,12H,5-8H2,1-4H3/t12-/m0/s1. The molecule has 23 heavy (non-hydrogen) atoms. The van der Waals surface area contributed by atoms with Gasteiger partial charge in [-0.1, -0.05) is 5.16 Å². The summed E-state index contributed by atoms with van der Waals surface area (Å²) in [4.78, 5) is 19.3. The van der Waals surface area contributed by atoms with E-state index in [0.29, 0.717) is 36.8 Å². The Kier molecular flexibility index (Phi) is 4.21. The third kappa shape index (κ3) is 2.76. The molecule has 0 N–H and O–H groups in total. The Bertz CT molecular complexity index is 699. The third-order valence-electron chi connectivity index (χ3n) is 4.36. The molecule has 2 aromatic rings. The average molecular weight is 318 g/mol. The lowest BCUT2D eigenvalue weighted by Gasteiger charge is -2.35. The number of imidazole rings is 1. The molecule has 0 saturated heterocycles. The molecule has 2 aromatic heterocycles. The van der Waals surface area contributed by atoms with Crippen molar-refractivity contribution >= 4 is 5.91 Å². The van der Waals surface area contributed by atoms with Crippen molar-refractivity contribution in [2.45, 2.75) is 39.8 Å². The van der Waals surface area contributed by atoms with E-state index in [0.717, 1.165) is 17.8 Å². The Morgan fingerprint density at radius 3 is 2.91 bits per heavy atom. The molecule has 3 rings (SSSR count). The smallest absolute Gasteiger partial charge is 0.260 e. The van der Waals surface area contributed by atoms with E-state index in [-0.39, 0.29) is 11.9 Å². The van der Waals surface area contributed by atoms with Gasteiger partial charge >= 0.3 is 0 Å². The maximum atomic E-state index is 13.0. The van der Waals surface area contributed by atoms with Crippen LogP contribution in [0.1, 0.15) is 40.1 Å². The van der Waals surface area contributed by atoms with Crippen LogP contribution in [0, 0.1) is 13.8 Å². The van der Waals surface area contributed by atoms with Crippen LogP contribution in [-0.2, 0) is 24.8 Å². The second kappa shape index (κ2) is 6.16. The number of carbonyl (C=O) groups excluding carboxylic acids is 1. The van der Waals surface area contributed by atoms with Crippen molar-refractivity contribution in [3.05, 3.63) is 34.7 Å². The summed E-state index contributed by atoms with van der Waals surface area (Å²) in [5.74, 6) is 0.483. The van der Waals surface area contributed by atoms with Gasteiger partial charge < -0.3 is 18.7 Å². The highest BCUT2D eigenvalue weighted by molar-refractivity contribution is 5.96. The fourth-order valence-electron chi connectivity index (χ4n) is 3.09. The van der Waals surface area contributed by atoms with Gasteiger partial charge in [-0.05, 0) is 20.8 Å². The molecule has 3 heterocycles. The number of hydrogen-bond donors (Lipinski definition) is 0. The highest BCUT2D eigenvalue weighted by atomic mass is 16.5. The molecular formula is C16H22N4O3. The van der Waals surface area contributed by atoms with Gasteiger partial charge in [0.25, 0.3) is 5.91 Å². The first-order valence-corrected chi connectivity index (χ1v) is 7.83. The molecule has 1 amide bonds. The molecular weight excluding hydrogens is 296 g/mol. The predicted molar refractivity (Wildman–Crippen MR) is 83.0 cm³/mol. The van der Waals surface area contributed by atoms with Gasteiger partial charge in [0.05, 0.1) is 36.9 Å². The van der Waals surface area contributed by atoms with Crippen molar-refractivity contribution in [1.29, 1.82) is 0 Å². The quantitative estimate of drug-likeness (QED) is 0.856. The van der Waals surface area contributed by atoms with Crippen LogP contribution in [0.5, 0.6) is 0 Å². The minimum atomic E-state index is -0.0674. The lowest BCUT2D eigenvalue weighted by atomic mass is 10.0. The minimum absolute atomic E-state index is 0.0148. The number of rotatable bonds is 4. The van der Waals surface area contributed by atoms with Crippen LogP contribution in [0.25, 0.3) is 0 Å². The van der Waals surface area contributed by atoms with Gasteiger partial charge in [-0.25, -0.2) is 4.98 Å². The first-order valence-electron chi connectivity index (χ1n) is 7.83. The molecule has 1 atom stereocenters. The van der Waals surface area contributed by atoms with E-state index >= 15 is 0 Å². The van der Waals surface area contributed by atoms with E-state index in [1.807, 2.05) is 23.4 Å². The molecule has 0 aliphatic carbocycles. The van der Waals surface area contributed by atoms with Crippen LogP contribution >= 0.6 is 0 Å². The van der Waals surface area contributed by atoms with Crippen molar-refractivity contribution in [3.8, 4) is 0 Å². The molecule has 0 radical (unpaired) electrons. The van der Waals surface area contributed by atoms with Gasteiger partial charge in [0.2, 0.25) is 0 Å². The van der Waals surface area contributed by atoms with Gasteiger partial charge in [0.1, 0.15) is 11.3 Å². The molecule has 7 nitrogen and oxygen atoms in total. The van der Waals surface area contributed by atoms with Crippen LogP contribution in [0.15, 0.2) is 10.9 Å². The molecule has 0 aromatic carbocycles. The average Bonchev–Trinajstić information content (AvgIpc) is 3.06. The number of aromatic nitrogens is 3. The van der Waals surface area contributed by atoms with Crippen molar-refractivity contribution in [2.75, 3.05) is 13.2 Å². The van der Waals surface area contributed by atoms with Gasteiger partial charge in [-0.3, -0.25) is 4.79 Å². The van der Waals surface area contributed by atoms with Gasteiger partial charge in [0, 0.05) is 25.8 Å². The van der Waals surface area contributed by atoms with Crippen LogP contribution in [0.3, 0.4) is 0 Å². The minimum Gasteiger partial charge on any atom is -0.380 e. The maximum Gasteiger partial charge on any atom is 0.260 e. The van der Waals surface area contributed by atoms with E-state index < -0.39 is 0 Å². The zero-order chi connectivity index (χ0) is 16.6. The summed E-state index contributed by atoms with van der Waals surface area (Å²) in [6, 6.07) is -0.0148. The molecule has 0 unspecified atom stereocenters. The topological polar surface area (TPSA) is 73.4 Å². The highest BCUT2D eigenvalue weighted by Gasteiger charge is 2.34. The molecule has 1 aliphatic heterocycles.